The van der Waals surface area contributed by atoms with Gasteiger partial charge < -0.3 is 5.32 Å². The van der Waals surface area contributed by atoms with Crippen molar-refractivity contribution in [3.05, 3.63) is 65.7 Å². The first kappa shape index (κ1) is 13.5. The standard InChI is InChI=1S/C16H17F2N/c17-14-10-6-11-15(16(14)18)19-12-5-4-9-13-7-2-1-3-8-13/h1-3,6-8,10-11,19H,4-5,9,12H2. The van der Waals surface area contributed by atoms with Gasteiger partial charge in [0.25, 0.3) is 0 Å². The molecule has 0 amide bonds. The first-order valence-electron chi connectivity index (χ1n) is 6.49. The summed E-state index contributed by atoms with van der Waals surface area (Å²) in [5.41, 5.74) is 1.54. The Morgan fingerprint density at radius 1 is 0.842 bits per heavy atom. The normalized spacial score (nSPS) is 10.4. The molecule has 1 nitrogen and oxygen atoms in total. The van der Waals surface area contributed by atoms with Crippen molar-refractivity contribution < 1.29 is 8.78 Å². The Kier molecular flexibility index (Phi) is 4.90. The largest absolute Gasteiger partial charge is 0.383 e. The Bertz CT molecular complexity index is 511. The molecule has 0 saturated heterocycles. The molecule has 0 saturated carbocycles. The molecule has 2 aromatic rings. The summed E-state index contributed by atoms with van der Waals surface area (Å²) in [6.45, 7) is 0.646. The third kappa shape index (κ3) is 4.05. The highest BCUT2D eigenvalue weighted by molar-refractivity contribution is 5.44. The molecule has 0 fully saturated rings. The molecule has 0 bridgehead atoms. The van der Waals surface area contributed by atoms with Gasteiger partial charge in [-0.1, -0.05) is 36.4 Å². The highest BCUT2D eigenvalue weighted by Crippen LogP contribution is 2.16. The van der Waals surface area contributed by atoms with Crippen LogP contribution in [0.5, 0.6) is 0 Å². The van der Waals surface area contributed by atoms with E-state index in [0.29, 0.717) is 6.54 Å². The van der Waals surface area contributed by atoms with Gasteiger partial charge in [0.2, 0.25) is 0 Å². The second kappa shape index (κ2) is 6.88. The maximum Gasteiger partial charge on any atom is 0.181 e. The number of hydrogen-bond donors (Lipinski definition) is 1. The van der Waals surface area contributed by atoms with E-state index in [2.05, 4.69) is 17.4 Å². The molecule has 19 heavy (non-hydrogen) atoms. The molecular formula is C16H17F2N. The maximum absolute atomic E-state index is 13.3. The van der Waals surface area contributed by atoms with Crippen LogP contribution in [0.1, 0.15) is 18.4 Å². The van der Waals surface area contributed by atoms with Gasteiger partial charge in [-0.05, 0) is 37.0 Å². The fraction of sp³-hybridized carbons (Fsp3) is 0.250. The Labute approximate surface area is 112 Å². The average Bonchev–Trinajstić information content (AvgIpc) is 2.44. The lowest BCUT2D eigenvalue weighted by molar-refractivity contribution is 0.510. The van der Waals surface area contributed by atoms with E-state index in [1.165, 1.54) is 11.6 Å². The van der Waals surface area contributed by atoms with Gasteiger partial charge in [0.15, 0.2) is 11.6 Å². The van der Waals surface area contributed by atoms with Crippen LogP contribution >= 0.6 is 0 Å². The number of rotatable bonds is 6. The minimum absolute atomic E-state index is 0.236. The van der Waals surface area contributed by atoms with Gasteiger partial charge >= 0.3 is 0 Å². The van der Waals surface area contributed by atoms with Crippen LogP contribution in [0, 0.1) is 11.6 Å². The molecule has 2 aromatic carbocycles. The van der Waals surface area contributed by atoms with Gasteiger partial charge in [-0.25, -0.2) is 8.78 Å². The zero-order valence-corrected chi connectivity index (χ0v) is 10.7. The topological polar surface area (TPSA) is 12.0 Å². The van der Waals surface area contributed by atoms with Crippen molar-refractivity contribution in [2.75, 3.05) is 11.9 Å². The lowest BCUT2D eigenvalue weighted by atomic mass is 10.1. The van der Waals surface area contributed by atoms with E-state index in [0.717, 1.165) is 25.3 Å². The van der Waals surface area contributed by atoms with Crippen LogP contribution in [0.2, 0.25) is 0 Å². The van der Waals surface area contributed by atoms with Crippen LogP contribution in [0.4, 0.5) is 14.5 Å². The van der Waals surface area contributed by atoms with Crippen LogP contribution in [-0.2, 0) is 6.42 Å². The second-order valence-electron chi connectivity index (χ2n) is 4.47. The summed E-state index contributed by atoms with van der Waals surface area (Å²) in [7, 11) is 0. The number of halogens is 2. The molecule has 0 radical (unpaired) electrons. The number of benzene rings is 2. The highest BCUT2D eigenvalue weighted by Gasteiger charge is 2.05. The minimum atomic E-state index is -0.811. The summed E-state index contributed by atoms with van der Waals surface area (Å²) >= 11 is 0. The Morgan fingerprint density at radius 2 is 1.63 bits per heavy atom. The van der Waals surface area contributed by atoms with Crippen LogP contribution in [0.25, 0.3) is 0 Å². The molecule has 0 aromatic heterocycles. The molecular weight excluding hydrogens is 244 g/mol. The third-order valence-electron chi connectivity index (χ3n) is 3.00. The van der Waals surface area contributed by atoms with Crippen LogP contribution in [-0.4, -0.2) is 6.54 Å². The molecule has 0 unspecified atom stereocenters. The van der Waals surface area contributed by atoms with E-state index >= 15 is 0 Å². The summed E-state index contributed by atoms with van der Waals surface area (Å²) in [6, 6.07) is 14.4. The maximum atomic E-state index is 13.3. The highest BCUT2D eigenvalue weighted by atomic mass is 19.2. The first-order chi connectivity index (χ1) is 9.27. The summed E-state index contributed by atoms with van der Waals surface area (Å²) in [6.07, 6.45) is 2.95. The van der Waals surface area contributed by atoms with Crippen molar-refractivity contribution in [2.45, 2.75) is 19.3 Å². The minimum Gasteiger partial charge on any atom is -0.383 e. The zero-order valence-electron chi connectivity index (χ0n) is 10.7. The van der Waals surface area contributed by atoms with Gasteiger partial charge in [0.05, 0.1) is 5.69 Å². The molecule has 0 aliphatic rings. The molecule has 0 spiro atoms. The number of nitrogens with one attached hydrogen (secondary N) is 1. The Morgan fingerprint density at radius 3 is 2.42 bits per heavy atom. The monoisotopic (exact) mass is 261 g/mol. The SMILES string of the molecule is Fc1cccc(NCCCCc2ccccc2)c1F. The Balaban J connectivity index is 1.71. The quantitative estimate of drug-likeness (QED) is 0.760. The first-order valence-corrected chi connectivity index (χ1v) is 6.49. The van der Waals surface area contributed by atoms with E-state index in [1.54, 1.807) is 6.07 Å². The fourth-order valence-electron chi connectivity index (χ4n) is 1.96. The molecule has 0 aliphatic heterocycles. The Hall–Kier alpha value is -1.90. The van der Waals surface area contributed by atoms with E-state index in [9.17, 15) is 8.78 Å². The van der Waals surface area contributed by atoms with Gasteiger partial charge in [-0.3, -0.25) is 0 Å². The van der Waals surface area contributed by atoms with Crippen molar-refractivity contribution in [1.29, 1.82) is 0 Å². The van der Waals surface area contributed by atoms with Crippen molar-refractivity contribution in [3.8, 4) is 0 Å². The zero-order chi connectivity index (χ0) is 13.5. The molecule has 0 aliphatic carbocycles. The van der Waals surface area contributed by atoms with Crippen molar-refractivity contribution in [2.24, 2.45) is 0 Å². The van der Waals surface area contributed by atoms with E-state index in [-0.39, 0.29) is 5.69 Å². The fourth-order valence-corrected chi connectivity index (χ4v) is 1.96. The molecule has 0 atom stereocenters. The summed E-state index contributed by atoms with van der Waals surface area (Å²) < 4.78 is 26.3. The smallest absolute Gasteiger partial charge is 0.181 e. The van der Waals surface area contributed by atoms with Gasteiger partial charge in [0.1, 0.15) is 0 Å². The predicted molar refractivity (Wildman–Crippen MR) is 74.2 cm³/mol. The number of unbranched alkanes of at least 4 members (excludes halogenated alkanes) is 1. The van der Waals surface area contributed by atoms with E-state index in [4.69, 9.17) is 0 Å². The third-order valence-corrected chi connectivity index (χ3v) is 3.00. The molecule has 2 rings (SSSR count). The average molecular weight is 261 g/mol. The molecule has 1 N–H and O–H groups in total. The van der Waals surface area contributed by atoms with E-state index in [1.807, 2.05) is 18.2 Å². The van der Waals surface area contributed by atoms with E-state index < -0.39 is 11.6 Å². The summed E-state index contributed by atoms with van der Waals surface area (Å²) in [5, 5.41) is 2.93. The molecule has 100 valence electrons. The number of anilines is 1. The van der Waals surface area contributed by atoms with Crippen LogP contribution < -0.4 is 5.32 Å². The number of aryl methyl sites for hydroxylation is 1. The van der Waals surface area contributed by atoms with Crippen LogP contribution in [0.15, 0.2) is 48.5 Å². The molecule has 3 heteroatoms. The van der Waals surface area contributed by atoms with Gasteiger partial charge in [-0.2, -0.15) is 0 Å². The molecule has 0 heterocycles. The second-order valence-corrected chi connectivity index (χ2v) is 4.47. The van der Waals surface area contributed by atoms with Crippen LogP contribution in [0.3, 0.4) is 0 Å². The van der Waals surface area contributed by atoms with Crippen molar-refractivity contribution >= 4 is 5.69 Å². The van der Waals surface area contributed by atoms with Gasteiger partial charge in [0, 0.05) is 6.54 Å². The van der Waals surface area contributed by atoms with Crippen molar-refractivity contribution in [3.63, 3.8) is 0 Å². The lowest BCUT2D eigenvalue weighted by Crippen LogP contribution is -2.04. The summed E-state index contributed by atoms with van der Waals surface area (Å²) in [4.78, 5) is 0. The van der Waals surface area contributed by atoms with Gasteiger partial charge in [-0.15, -0.1) is 0 Å². The lowest BCUT2D eigenvalue weighted by Gasteiger charge is -2.07. The van der Waals surface area contributed by atoms with Crippen molar-refractivity contribution in [1.82, 2.24) is 0 Å². The number of hydrogen-bond acceptors (Lipinski definition) is 1. The summed E-state index contributed by atoms with van der Waals surface area (Å²) in [5.74, 6) is -1.61. The predicted octanol–water partition coefficient (Wildman–Crippen LogP) is 4.40.